The number of amides is 2. The van der Waals surface area contributed by atoms with Gasteiger partial charge in [0.05, 0.1) is 6.54 Å². The number of aromatic nitrogens is 1. The Morgan fingerprint density at radius 1 is 1.26 bits per heavy atom. The van der Waals surface area contributed by atoms with Crippen molar-refractivity contribution < 1.29 is 29.0 Å². The maximum atomic E-state index is 13.2. The summed E-state index contributed by atoms with van der Waals surface area (Å²) in [5.74, 6) is -1.27. The second kappa shape index (κ2) is 10.3. The zero-order chi connectivity index (χ0) is 22.5. The molecule has 2 heterocycles. The Bertz CT molecular complexity index is 814. The normalized spacial score (nSPS) is 22.4. The zero-order valence-electron chi connectivity index (χ0n) is 17.6. The average molecular weight is 498 g/mol. The summed E-state index contributed by atoms with van der Waals surface area (Å²) in [4.78, 5) is 42.7. The Labute approximate surface area is 189 Å². The van der Waals surface area contributed by atoms with Gasteiger partial charge in [-0.05, 0) is 53.6 Å². The number of nitrogens with one attached hydrogen (secondary N) is 1. The molecule has 0 spiro atoms. The summed E-state index contributed by atoms with van der Waals surface area (Å²) in [6, 6.07) is 1.43. The number of alkyl carbamates (subject to hydrolysis) is 1. The van der Waals surface area contributed by atoms with Crippen LogP contribution in [0.4, 0.5) is 4.79 Å². The number of nitrogens with zero attached hydrogens (tertiary/aromatic N) is 2. The molecular formula is C21H28BrN3O6. The molecule has 0 radical (unpaired) electrons. The summed E-state index contributed by atoms with van der Waals surface area (Å²) >= 11 is 3.27. The van der Waals surface area contributed by atoms with Gasteiger partial charge in [-0.25, -0.2) is 14.6 Å². The van der Waals surface area contributed by atoms with Gasteiger partial charge in [0, 0.05) is 18.7 Å². The first kappa shape index (κ1) is 23.3. The number of hydrogen-bond donors (Lipinski definition) is 2. The van der Waals surface area contributed by atoms with Gasteiger partial charge >= 0.3 is 12.1 Å². The molecule has 3 atom stereocenters. The van der Waals surface area contributed by atoms with Gasteiger partial charge in [0.25, 0.3) is 0 Å². The van der Waals surface area contributed by atoms with Crippen LogP contribution in [0, 0.1) is 5.92 Å². The average Bonchev–Trinajstić information content (AvgIpc) is 3.35. The number of carbonyl (C=O) groups excluding carboxylic acids is 2. The van der Waals surface area contributed by atoms with E-state index in [2.05, 4.69) is 26.2 Å². The van der Waals surface area contributed by atoms with E-state index in [0.29, 0.717) is 10.4 Å². The Morgan fingerprint density at radius 3 is 2.58 bits per heavy atom. The van der Waals surface area contributed by atoms with E-state index in [0.717, 1.165) is 25.7 Å². The molecule has 9 nitrogen and oxygen atoms in total. The van der Waals surface area contributed by atoms with Crippen LogP contribution in [-0.2, 0) is 14.3 Å². The quantitative estimate of drug-likeness (QED) is 0.555. The lowest BCUT2D eigenvalue weighted by Crippen LogP contribution is -2.54. The Hall–Kier alpha value is -2.36. The van der Waals surface area contributed by atoms with E-state index in [4.69, 9.17) is 9.47 Å². The molecule has 2 aliphatic rings. The molecule has 2 fully saturated rings. The zero-order valence-corrected chi connectivity index (χ0v) is 19.2. The molecule has 170 valence electrons. The van der Waals surface area contributed by atoms with Gasteiger partial charge in [0.15, 0.2) is 0 Å². The first-order valence-corrected chi connectivity index (χ1v) is 11.3. The third-order valence-corrected chi connectivity index (χ3v) is 6.05. The molecule has 1 unspecified atom stereocenters. The topological polar surface area (TPSA) is 118 Å². The standard InChI is InChI=1S/C21H28BrN3O6/c1-12(2)18(24-21(29)31-13-5-3-4-6-13)19(26)25-11-15(9-16(25)20(27)28)30-14-7-8-23-17(22)10-14/h7-8,10,12-13,15-16,18H,3-6,9,11H2,1-2H3,(H,24,29)(H,27,28)/t15-,16+,18?/m1/s1. The molecule has 1 aliphatic heterocycles. The maximum absolute atomic E-state index is 13.2. The van der Waals surface area contributed by atoms with E-state index in [-0.39, 0.29) is 25.0 Å². The number of hydrogen-bond acceptors (Lipinski definition) is 6. The van der Waals surface area contributed by atoms with Crippen LogP contribution in [0.1, 0.15) is 46.0 Å². The molecular weight excluding hydrogens is 470 g/mol. The Morgan fingerprint density at radius 2 is 1.97 bits per heavy atom. The van der Waals surface area contributed by atoms with Gasteiger partial charge < -0.3 is 24.8 Å². The van der Waals surface area contributed by atoms with Crippen LogP contribution < -0.4 is 10.1 Å². The van der Waals surface area contributed by atoms with E-state index in [1.807, 2.05) is 0 Å². The molecule has 2 amide bonds. The summed E-state index contributed by atoms with van der Waals surface area (Å²) in [5, 5.41) is 12.3. The van der Waals surface area contributed by atoms with Crippen molar-refractivity contribution in [2.45, 2.75) is 70.2 Å². The number of carboxylic acid groups (broad SMARTS) is 1. The summed E-state index contributed by atoms with van der Waals surface area (Å²) in [6.07, 6.45) is 4.16. The van der Waals surface area contributed by atoms with E-state index in [1.165, 1.54) is 4.90 Å². The van der Waals surface area contributed by atoms with Crippen molar-refractivity contribution in [3.63, 3.8) is 0 Å². The van der Waals surface area contributed by atoms with Crippen molar-refractivity contribution in [1.82, 2.24) is 15.2 Å². The van der Waals surface area contributed by atoms with E-state index in [9.17, 15) is 19.5 Å². The van der Waals surface area contributed by atoms with E-state index < -0.39 is 36.2 Å². The minimum absolute atomic E-state index is 0.109. The summed E-state index contributed by atoms with van der Waals surface area (Å²) in [6.45, 7) is 3.71. The van der Waals surface area contributed by atoms with Crippen molar-refractivity contribution in [1.29, 1.82) is 0 Å². The van der Waals surface area contributed by atoms with E-state index in [1.54, 1.807) is 32.2 Å². The summed E-state index contributed by atoms with van der Waals surface area (Å²) in [5.41, 5.74) is 0. The molecule has 1 saturated heterocycles. The highest BCUT2D eigenvalue weighted by atomic mass is 79.9. The van der Waals surface area contributed by atoms with Crippen LogP contribution in [0.5, 0.6) is 5.75 Å². The van der Waals surface area contributed by atoms with Crippen molar-refractivity contribution in [2.24, 2.45) is 5.92 Å². The van der Waals surface area contributed by atoms with Gasteiger partial charge in [0.1, 0.15) is 34.6 Å². The number of aliphatic carboxylic acids is 1. The molecule has 31 heavy (non-hydrogen) atoms. The summed E-state index contributed by atoms with van der Waals surface area (Å²) in [7, 11) is 0. The van der Waals surface area contributed by atoms with Gasteiger partial charge in [-0.15, -0.1) is 0 Å². The SMILES string of the molecule is CC(C)C(NC(=O)OC1CCCC1)C(=O)N1C[C@H](Oc2ccnc(Br)c2)C[C@H]1C(=O)O. The molecule has 0 aromatic carbocycles. The molecule has 0 bridgehead atoms. The van der Waals surface area contributed by atoms with Crippen molar-refractivity contribution in [2.75, 3.05) is 6.54 Å². The van der Waals surface area contributed by atoms with Crippen LogP contribution in [0.25, 0.3) is 0 Å². The number of halogens is 1. The minimum atomic E-state index is -1.11. The smallest absolute Gasteiger partial charge is 0.408 e. The molecule has 3 rings (SSSR count). The predicted molar refractivity (Wildman–Crippen MR) is 115 cm³/mol. The van der Waals surface area contributed by atoms with Crippen LogP contribution in [0.15, 0.2) is 22.9 Å². The van der Waals surface area contributed by atoms with Crippen LogP contribution in [-0.4, -0.2) is 63.8 Å². The number of rotatable bonds is 7. The third kappa shape index (κ3) is 6.09. The van der Waals surface area contributed by atoms with Crippen LogP contribution in [0.2, 0.25) is 0 Å². The first-order chi connectivity index (χ1) is 14.7. The highest BCUT2D eigenvalue weighted by molar-refractivity contribution is 9.10. The lowest BCUT2D eigenvalue weighted by molar-refractivity contribution is -0.149. The summed E-state index contributed by atoms with van der Waals surface area (Å²) < 4.78 is 11.9. The van der Waals surface area contributed by atoms with Crippen molar-refractivity contribution in [3.05, 3.63) is 22.9 Å². The lowest BCUT2D eigenvalue weighted by Gasteiger charge is -2.29. The molecule has 1 aliphatic carbocycles. The largest absolute Gasteiger partial charge is 0.488 e. The Kier molecular flexibility index (Phi) is 7.74. The van der Waals surface area contributed by atoms with Crippen molar-refractivity contribution in [3.8, 4) is 5.75 Å². The highest BCUT2D eigenvalue weighted by Crippen LogP contribution is 2.26. The molecule has 1 saturated carbocycles. The second-order valence-electron chi connectivity index (χ2n) is 8.31. The van der Waals surface area contributed by atoms with Gasteiger partial charge in [0.2, 0.25) is 5.91 Å². The molecule has 2 N–H and O–H groups in total. The number of carboxylic acids is 1. The number of likely N-dealkylation sites (tertiary alicyclic amines) is 1. The number of carbonyl (C=O) groups is 3. The second-order valence-corrected chi connectivity index (χ2v) is 9.12. The highest BCUT2D eigenvalue weighted by Gasteiger charge is 2.44. The monoisotopic (exact) mass is 497 g/mol. The predicted octanol–water partition coefficient (Wildman–Crippen LogP) is 2.97. The fourth-order valence-electron chi connectivity index (χ4n) is 4.02. The molecule has 10 heteroatoms. The fourth-order valence-corrected chi connectivity index (χ4v) is 4.37. The van der Waals surface area contributed by atoms with Crippen LogP contribution in [0.3, 0.4) is 0 Å². The lowest BCUT2D eigenvalue weighted by atomic mass is 10.0. The number of ether oxygens (including phenoxy) is 2. The van der Waals surface area contributed by atoms with Gasteiger partial charge in [-0.2, -0.15) is 0 Å². The first-order valence-electron chi connectivity index (χ1n) is 10.5. The molecule has 1 aromatic rings. The maximum Gasteiger partial charge on any atom is 0.408 e. The van der Waals surface area contributed by atoms with Gasteiger partial charge in [-0.3, -0.25) is 4.79 Å². The van der Waals surface area contributed by atoms with Crippen LogP contribution >= 0.6 is 15.9 Å². The fraction of sp³-hybridized carbons (Fsp3) is 0.619. The van der Waals surface area contributed by atoms with Crippen molar-refractivity contribution >= 4 is 33.9 Å². The third-order valence-electron chi connectivity index (χ3n) is 5.61. The Balaban J connectivity index is 1.67. The molecule has 1 aromatic heterocycles. The number of pyridine rings is 1. The van der Waals surface area contributed by atoms with Gasteiger partial charge in [-0.1, -0.05) is 13.8 Å². The van der Waals surface area contributed by atoms with E-state index >= 15 is 0 Å². The minimum Gasteiger partial charge on any atom is -0.488 e.